The number of carbonyl (C=O) groups excluding carboxylic acids is 2. The lowest BCUT2D eigenvalue weighted by Gasteiger charge is -2.13. The van der Waals surface area contributed by atoms with Gasteiger partial charge in [0, 0.05) is 12.1 Å². The number of nitrogens with zero attached hydrogens (tertiary/aromatic N) is 4. The fraction of sp³-hybridized carbons (Fsp3) is 0.381. The number of unbranched alkanes of at least 4 members (excludes halogenated alkanes) is 1. The van der Waals surface area contributed by atoms with Crippen LogP contribution < -0.4 is 15.4 Å². The number of hydrogen-bond acceptors (Lipinski definition) is 9. The van der Waals surface area contributed by atoms with Gasteiger partial charge in [-0.1, -0.05) is 13.3 Å². The third kappa shape index (κ3) is 5.51. The molecule has 1 aromatic carbocycles. The van der Waals surface area contributed by atoms with Crippen molar-refractivity contribution in [1.82, 2.24) is 19.7 Å². The molecule has 2 N–H and O–H groups in total. The van der Waals surface area contributed by atoms with Gasteiger partial charge < -0.3 is 19.5 Å². The minimum absolute atomic E-state index is 0.0823. The third-order valence-electron chi connectivity index (χ3n) is 4.79. The minimum atomic E-state index is -0.679. The quantitative estimate of drug-likeness (QED) is 0.319. The number of aromatic nitrogens is 4. The van der Waals surface area contributed by atoms with E-state index < -0.39 is 12.1 Å². The van der Waals surface area contributed by atoms with Crippen LogP contribution in [0.25, 0.3) is 11.0 Å². The molecule has 0 fully saturated rings. The molecule has 0 unspecified atom stereocenters. The van der Waals surface area contributed by atoms with E-state index in [0.717, 1.165) is 12.8 Å². The lowest BCUT2D eigenvalue weighted by molar-refractivity contribution is 0.0600. The van der Waals surface area contributed by atoms with Gasteiger partial charge in [-0.3, -0.25) is 10.00 Å². The van der Waals surface area contributed by atoms with E-state index in [1.54, 1.807) is 30.0 Å². The number of hydrogen-bond donors (Lipinski definition) is 2. The zero-order chi connectivity index (χ0) is 24.0. The maximum Gasteiger partial charge on any atom is 0.413 e. The van der Waals surface area contributed by atoms with Crippen LogP contribution in [0.5, 0.6) is 5.75 Å². The van der Waals surface area contributed by atoms with Gasteiger partial charge in [-0.2, -0.15) is 10.1 Å². The Kier molecular flexibility index (Phi) is 8.04. The van der Waals surface area contributed by atoms with Gasteiger partial charge >= 0.3 is 12.1 Å². The second-order valence-electron chi connectivity index (χ2n) is 6.96. The van der Waals surface area contributed by atoms with Gasteiger partial charge in [0.15, 0.2) is 10.4 Å². The van der Waals surface area contributed by atoms with Crippen LogP contribution in [-0.2, 0) is 16.0 Å². The molecule has 0 aliphatic rings. The highest BCUT2D eigenvalue weighted by Crippen LogP contribution is 2.30. The summed E-state index contributed by atoms with van der Waals surface area (Å²) in [5, 5.41) is 10.3. The van der Waals surface area contributed by atoms with Crippen LogP contribution in [0.15, 0.2) is 22.8 Å². The first-order valence-electron chi connectivity index (χ1n) is 10.2. The molecular formula is C21H25BrN6O5. The fourth-order valence-electron chi connectivity index (χ4n) is 3.17. The van der Waals surface area contributed by atoms with Crippen molar-refractivity contribution in [3.63, 3.8) is 0 Å². The summed E-state index contributed by atoms with van der Waals surface area (Å²) in [6.07, 6.45) is 1.24. The number of anilines is 2. The summed E-state index contributed by atoms with van der Waals surface area (Å²) >= 11 is 3.45. The van der Waals surface area contributed by atoms with Crippen LogP contribution in [0.2, 0.25) is 0 Å². The van der Waals surface area contributed by atoms with Gasteiger partial charge in [0.1, 0.15) is 16.8 Å². The number of esters is 1. The van der Waals surface area contributed by atoms with Gasteiger partial charge in [0.25, 0.3) is 0 Å². The van der Waals surface area contributed by atoms with Crippen molar-refractivity contribution in [1.29, 1.82) is 0 Å². The molecule has 12 heteroatoms. The van der Waals surface area contributed by atoms with Crippen LogP contribution in [0.1, 0.15) is 35.7 Å². The average molecular weight is 521 g/mol. The molecule has 0 saturated heterocycles. The first-order chi connectivity index (χ1) is 15.9. The normalized spacial score (nSPS) is 10.7. The highest BCUT2D eigenvalue weighted by molar-refractivity contribution is 9.10. The fourth-order valence-corrected chi connectivity index (χ4v) is 3.64. The number of carbonyl (C=O) groups is 2. The lowest BCUT2D eigenvalue weighted by Crippen LogP contribution is -2.15. The summed E-state index contributed by atoms with van der Waals surface area (Å²) in [4.78, 5) is 32.6. The Morgan fingerprint density at radius 2 is 1.94 bits per heavy atom. The maximum atomic E-state index is 12.0. The van der Waals surface area contributed by atoms with Gasteiger partial charge in [-0.05, 0) is 40.5 Å². The second kappa shape index (κ2) is 10.9. The third-order valence-corrected chi connectivity index (χ3v) is 5.32. The monoisotopic (exact) mass is 520 g/mol. The Morgan fingerprint density at radius 3 is 2.61 bits per heavy atom. The van der Waals surface area contributed by atoms with Crippen molar-refractivity contribution in [3.8, 4) is 5.75 Å². The standard InChI is InChI=1S/C21H25BrN6O5/c1-5-6-9-23-18-16-15(24-20(25-18)26-21(30)33-4)17(22)27-28(16)11-13-10-12(19(29)32-3)7-8-14(13)31-2/h7-8,10H,5-6,9,11H2,1-4H3,(H2,23,24,25,26,30). The summed E-state index contributed by atoms with van der Waals surface area (Å²) < 4.78 is 17.1. The molecule has 11 nitrogen and oxygen atoms in total. The maximum absolute atomic E-state index is 12.0. The molecular weight excluding hydrogens is 496 g/mol. The van der Waals surface area contributed by atoms with E-state index in [-0.39, 0.29) is 12.5 Å². The highest BCUT2D eigenvalue weighted by Gasteiger charge is 2.20. The van der Waals surface area contributed by atoms with E-state index in [9.17, 15) is 9.59 Å². The second-order valence-corrected chi connectivity index (χ2v) is 7.71. The molecule has 3 aromatic rings. The summed E-state index contributed by atoms with van der Waals surface area (Å²) in [6, 6.07) is 5.04. The molecule has 0 atom stereocenters. The van der Waals surface area contributed by atoms with E-state index in [4.69, 9.17) is 9.47 Å². The van der Waals surface area contributed by atoms with E-state index >= 15 is 0 Å². The molecule has 2 heterocycles. The number of fused-ring (bicyclic) bond motifs is 1. The Balaban J connectivity index is 2.10. The van der Waals surface area contributed by atoms with E-state index in [1.165, 1.54) is 14.2 Å². The number of methoxy groups -OCH3 is 3. The van der Waals surface area contributed by atoms with Crippen molar-refractivity contribution in [3.05, 3.63) is 33.9 Å². The van der Waals surface area contributed by atoms with Crippen LogP contribution in [-0.4, -0.2) is 59.7 Å². The van der Waals surface area contributed by atoms with Crippen molar-refractivity contribution in [2.24, 2.45) is 0 Å². The Hall–Kier alpha value is -3.41. The molecule has 33 heavy (non-hydrogen) atoms. The van der Waals surface area contributed by atoms with Crippen LogP contribution in [0.3, 0.4) is 0 Å². The van der Waals surface area contributed by atoms with Gasteiger partial charge in [0.2, 0.25) is 5.95 Å². The summed E-state index contributed by atoms with van der Waals surface area (Å²) in [5.74, 6) is 0.724. The lowest BCUT2D eigenvalue weighted by atomic mass is 10.1. The highest BCUT2D eigenvalue weighted by atomic mass is 79.9. The minimum Gasteiger partial charge on any atom is -0.496 e. The Labute approximate surface area is 198 Å². The van der Waals surface area contributed by atoms with E-state index in [2.05, 4.69) is 53.3 Å². The molecule has 0 radical (unpaired) electrons. The van der Waals surface area contributed by atoms with E-state index in [1.807, 2.05) is 0 Å². The van der Waals surface area contributed by atoms with Crippen LogP contribution in [0, 0.1) is 0 Å². The first-order valence-corrected chi connectivity index (χ1v) is 11.0. The summed E-state index contributed by atoms with van der Waals surface area (Å²) in [6.45, 7) is 3.03. The van der Waals surface area contributed by atoms with E-state index in [0.29, 0.717) is 44.9 Å². The molecule has 2 aromatic heterocycles. The average Bonchev–Trinajstić information content (AvgIpc) is 3.13. The van der Waals surface area contributed by atoms with Crippen molar-refractivity contribution in [2.45, 2.75) is 26.3 Å². The molecule has 0 aliphatic heterocycles. The van der Waals surface area contributed by atoms with Gasteiger partial charge in [-0.15, -0.1) is 0 Å². The smallest absolute Gasteiger partial charge is 0.413 e. The largest absolute Gasteiger partial charge is 0.496 e. The Bertz CT molecular complexity index is 1170. The number of benzene rings is 1. The number of nitrogens with one attached hydrogen (secondary N) is 2. The predicted octanol–water partition coefficient (Wildman–Crippen LogP) is 3.82. The number of halogens is 1. The summed E-state index contributed by atoms with van der Waals surface area (Å²) in [5.41, 5.74) is 2.23. The molecule has 3 rings (SSSR count). The number of rotatable bonds is 9. The molecule has 176 valence electrons. The SMILES string of the molecule is CCCCNc1nc(NC(=O)OC)nc2c(Br)nn(Cc3cc(C(=O)OC)ccc3OC)c12. The molecule has 1 amide bonds. The summed E-state index contributed by atoms with van der Waals surface area (Å²) in [7, 11) is 4.15. The zero-order valence-corrected chi connectivity index (χ0v) is 20.4. The molecule has 0 saturated carbocycles. The van der Waals surface area contributed by atoms with Crippen molar-refractivity contribution in [2.75, 3.05) is 38.5 Å². The van der Waals surface area contributed by atoms with Crippen LogP contribution >= 0.6 is 15.9 Å². The van der Waals surface area contributed by atoms with Crippen LogP contribution in [0.4, 0.5) is 16.6 Å². The van der Waals surface area contributed by atoms with Gasteiger partial charge in [0.05, 0.1) is 33.4 Å². The predicted molar refractivity (Wildman–Crippen MR) is 126 cm³/mol. The molecule has 0 spiro atoms. The molecule has 0 aliphatic carbocycles. The number of amides is 1. The van der Waals surface area contributed by atoms with Crippen molar-refractivity contribution < 1.29 is 23.8 Å². The topological polar surface area (TPSA) is 129 Å². The zero-order valence-electron chi connectivity index (χ0n) is 18.8. The van der Waals surface area contributed by atoms with Crippen molar-refractivity contribution >= 4 is 50.8 Å². The first kappa shape index (κ1) is 24.2. The van der Waals surface area contributed by atoms with Gasteiger partial charge in [-0.25, -0.2) is 14.6 Å². The number of ether oxygens (including phenoxy) is 3. The molecule has 0 bridgehead atoms. The Morgan fingerprint density at radius 1 is 1.15 bits per heavy atom.